The average molecular weight is 423 g/mol. The number of guanidine groups is 1. The van der Waals surface area contributed by atoms with Crippen LogP contribution in [0.4, 0.5) is 5.69 Å². The molecule has 0 amide bonds. The molecule has 0 unspecified atom stereocenters. The first-order valence-electron chi connectivity index (χ1n) is 11.6. The van der Waals surface area contributed by atoms with Gasteiger partial charge >= 0.3 is 0 Å². The highest BCUT2D eigenvalue weighted by Gasteiger charge is 2.18. The molecule has 5 heteroatoms. The standard InChI is InChI=1S/C26H38N4O/c1-4-27-26(28-12-9-24-16-20(2)15-21(3)17-24)29-18-22-5-7-25(8-6-22)30-13-10-23(19-31)11-14-30/h5-8,15-17,23,31H,4,9-14,18-19H2,1-3H3,(H2,27,28,29). The number of aliphatic hydroxyl groups is 1. The number of aryl methyl sites for hydroxylation is 2. The van der Waals surface area contributed by atoms with Gasteiger partial charge in [-0.05, 0) is 69.2 Å². The Bertz CT molecular complexity index is 819. The molecule has 3 N–H and O–H groups in total. The normalized spacial score (nSPS) is 15.2. The first-order chi connectivity index (χ1) is 15.1. The fourth-order valence-corrected chi connectivity index (χ4v) is 4.24. The Hall–Kier alpha value is -2.53. The zero-order valence-electron chi connectivity index (χ0n) is 19.3. The van der Waals surface area contributed by atoms with Crippen LogP contribution < -0.4 is 15.5 Å². The summed E-state index contributed by atoms with van der Waals surface area (Å²) in [5.74, 6) is 1.33. The van der Waals surface area contributed by atoms with Crippen LogP contribution in [-0.4, -0.2) is 43.9 Å². The lowest BCUT2D eigenvalue weighted by Gasteiger charge is -2.32. The van der Waals surface area contributed by atoms with Crippen LogP contribution in [0.5, 0.6) is 0 Å². The molecular weight excluding hydrogens is 384 g/mol. The number of nitrogens with one attached hydrogen (secondary N) is 2. The van der Waals surface area contributed by atoms with E-state index in [1.165, 1.54) is 27.9 Å². The van der Waals surface area contributed by atoms with Gasteiger partial charge in [-0.15, -0.1) is 0 Å². The lowest BCUT2D eigenvalue weighted by molar-refractivity contribution is 0.203. The number of aliphatic imine (C=N–C) groups is 1. The summed E-state index contributed by atoms with van der Waals surface area (Å²) in [4.78, 5) is 7.18. The molecule has 0 aliphatic carbocycles. The SMILES string of the molecule is CCNC(=NCc1ccc(N2CCC(CO)CC2)cc1)NCCc1cc(C)cc(C)c1. The smallest absolute Gasteiger partial charge is 0.191 e. The summed E-state index contributed by atoms with van der Waals surface area (Å²) in [6.45, 7) is 11.1. The van der Waals surface area contributed by atoms with E-state index < -0.39 is 0 Å². The van der Waals surface area contributed by atoms with Crippen molar-refractivity contribution in [1.29, 1.82) is 0 Å². The molecule has 168 valence electrons. The molecule has 0 saturated carbocycles. The van der Waals surface area contributed by atoms with Crippen LogP contribution in [-0.2, 0) is 13.0 Å². The summed E-state index contributed by atoms with van der Waals surface area (Å²) in [6.07, 6.45) is 3.12. The van der Waals surface area contributed by atoms with Crippen LogP contribution in [0.1, 0.15) is 42.0 Å². The molecule has 0 bridgehead atoms. The Balaban J connectivity index is 1.51. The number of benzene rings is 2. The van der Waals surface area contributed by atoms with Crippen LogP contribution in [0.2, 0.25) is 0 Å². The summed E-state index contributed by atoms with van der Waals surface area (Å²) in [5.41, 5.74) is 6.47. The highest BCUT2D eigenvalue weighted by atomic mass is 16.3. The third kappa shape index (κ3) is 7.28. The predicted molar refractivity (Wildman–Crippen MR) is 131 cm³/mol. The van der Waals surface area contributed by atoms with E-state index in [0.717, 1.165) is 51.4 Å². The van der Waals surface area contributed by atoms with Crippen molar-refractivity contribution in [2.24, 2.45) is 10.9 Å². The van der Waals surface area contributed by atoms with Crippen molar-refractivity contribution in [3.8, 4) is 0 Å². The molecule has 0 radical (unpaired) electrons. The number of aliphatic hydroxyl groups excluding tert-OH is 1. The van der Waals surface area contributed by atoms with Gasteiger partial charge in [0.1, 0.15) is 0 Å². The fraction of sp³-hybridized carbons (Fsp3) is 0.500. The molecule has 31 heavy (non-hydrogen) atoms. The van der Waals surface area contributed by atoms with Gasteiger partial charge in [0.15, 0.2) is 5.96 Å². The van der Waals surface area contributed by atoms with Gasteiger partial charge in [-0.3, -0.25) is 0 Å². The summed E-state index contributed by atoms with van der Waals surface area (Å²) in [7, 11) is 0. The van der Waals surface area contributed by atoms with E-state index in [1.54, 1.807) is 0 Å². The number of nitrogens with zero attached hydrogens (tertiary/aromatic N) is 2. The van der Waals surface area contributed by atoms with Gasteiger partial charge in [-0.25, -0.2) is 4.99 Å². The molecule has 2 aromatic carbocycles. The summed E-state index contributed by atoms with van der Waals surface area (Å²) >= 11 is 0. The lowest BCUT2D eigenvalue weighted by Crippen LogP contribution is -2.38. The van der Waals surface area contributed by atoms with E-state index in [0.29, 0.717) is 19.1 Å². The fourth-order valence-electron chi connectivity index (χ4n) is 4.24. The molecule has 2 aromatic rings. The molecule has 5 nitrogen and oxygen atoms in total. The van der Waals surface area contributed by atoms with Crippen molar-refractivity contribution in [2.75, 3.05) is 37.7 Å². The number of rotatable bonds is 8. The quantitative estimate of drug-likeness (QED) is 0.447. The molecule has 1 aliphatic rings. The monoisotopic (exact) mass is 422 g/mol. The predicted octanol–water partition coefficient (Wildman–Crippen LogP) is 3.81. The van der Waals surface area contributed by atoms with Crippen LogP contribution in [0, 0.1) is 19.8 Å². The zero-order valence-corrected chi connectivity index (χ0v) is 19.3. The van der Waals surface area contributed by atoms with Crippen molar-refractivity contribution in [2.45, 2.75) is 46.6 Å². The highest BCUT2D eigenvalue weighted by molar-refractivity contribution is 5.79. The van der Waals surface area contributed by atoms with E-state index in [9.17, 15) is 5.11 Å². The molecular formula is C26H38N4O. The largest absolute Gasteiger partial charge is 0.396 e. The minimum absolute atomic E-state index is 0.317. The first kappa shape index (κ1) is 23.1. The van der Waals surface area contributed by atoms with Crippen molar-refractivity contribution in [3.63, 3.8) is 0 Å². The van der Waals surface area contributed by atoms with Crippen molar-refractivity contribution < 1.29 is 5.11 Å². The third-order valence-electron chi connectivity index (χ3n) is 5.93. The van der Waals surface area contributed by atoms with Crippen molar-refractivity contribution in [3.05, 3.63) is 64.7 Å². The van der Waals surface area contributed by atoms with Gasteiger partial charge < -0.3 is 20.6 Å². The topological polar surface area (TPSA) is 59.9 Å². The number of hydrogen-bond acceptors (Lipinski definition) is 3. The Morgan fingerprint density at radius 2 is 1.68 bits per heavy atom. The molecule has 0 aromatic heterocycles. The van der Waals surface area contributed by atoms with Gasteiger partial charge in [0.25, 0.3) is 0 Å². The lowest BCUT2D eigenvalue weighted by atomic mass is 9.97. The summed E-state index contributed by atoms with van der Waals surface area (Å²) in [6, 6.07) is 15.5. The second kappa shape index (κ2) is 11.8. The maximum atomic E-state index is 9.32. The second-order valence-corrected chi connectivity index (χ2v) is 8.65. The van der Waals surface area contributed by atoms with Gasteiger partial charge in [0, 0.05) is 38.5 Å². The zero-order chi connectivity index (χ0) is 22.1. The molecule has 1 heterocycles. The average Bonchev–Trinajstić information content (AvgIpc) is 2.77. The van der Waals surface area contributed by atoms with Crippen LogP contribution in [0.3, 0.4) is 0 Å². The minimum Gasteiger partial charge on any atom is -0.396 e. The maximum Gasteiger partial charge on any atom is 0.191 e. The Morgan fingerprint density at radius 3 is 2.29 bits per heavy atom. The molecule has 1 aliphatic heterocycles. The molecule has 1 fully saturated rings. The van der Waals surface area contributed by atoms with E-state index >= 15 is 0 Å². The minimum atomic E-state index is 0.317. The van der Waals surface area contributed by atoms with E-state index in [1.807, 2.05) is 0 Å². The first-order valence-corrected chi connectivity index (χ1v) is 11.6. The number of piperidine rings is 1. The molecule has 0 spiro atoms. The van der Waals surface area contributed by atoms with Crippen molar-refractivity contribution >= 4 is 11.6 Å². The third-order valence-corrected chi connectivity index (χ3v) is 5.93. The Kier molecular flexibility index (Phi) is 8.77. The summed E-state index contributed by atoms with van der Waals surface area (Å²) in [5, 5.41) is 16.1. The van der Waals surface area contributed by atoms with E-state index in [2.05, 4.69) is 78.8 Å². The van der Waals surface area contributed by atoms with Crippen LogP contribution in [0.15, 0.2) is 47.5 Å². The second-order valence-electron chi connectivity index (χ2n) is 8.65. The molecule has 0 atom stereocenters. The maximum absolute atomic E-state index is 9.32. The summed E-state index contributed by atoms with van der Waals surface area (Å²) < 4.78 is 0. The highest BCUT2D eigenvalue weighted by Crippen LogP contribution is 2.23. The molecule has 1 saturated heterocycles. The number of anilines is 1. The van der Waals surface area contributed by atoms with E-state index in [-0.39, 0.29) is 0 Å². The van der Waals surface area contributed by atoms with Gasteiger partial charge in [-0.1, -0.05) is 41.5 Å². The van der Waals surface area contributed by atoms with E-state index in [4.69, 9.17) is 4.99 Å². The van der Waals surface area contributed by atoms with Crippen LogP contribution in [0.25, 0.3) is 0 Å². The van der Waals surface area contributed by atoms with Gasteiger partial charge in [0.2, 0.25) is 0 Å². The van der Waals surface area contributed by atoms with Crippen molar-refractivity contribution in [1.82, 2.24) is 10.6 Å². The number of hydrogen-bond donors (Lipinski definition) is 3. The Morgan fingerprint density at radius 1 is 1.00 bits per heavy atom. The van der Waals surface area contributed by atoms with Gasteiger partial charge in [0.05, 0.1) is 6.54 Å². The van der Waals surface area contributed by atoms with Crippen LogP contribution >= 0.6 is 0 Å². The Labute approximate surface area is 187 Å². The van der Waals surface area contributed by atoms with Gasteiger partial charge in [-0.2, -0.15) is 0 Å². The molecule has 3 rings (SSSR count).